The van der Waals surface area contributed by atoms with E-state index in [1.165, 1.54) is 16.4 Å². The van der Waals surface area contributed by atoms with Crippen LogP contribution in [0.2, 0.25) is 0 Å². The van der Waals surface area contributed by atoms with Crippen LogP contribution in [0.3, 0.4) is 0 Å². The number of hydrogen-bond donors (Lipinski definition) is 0. The lowest BCUT2D eigenvalue weighted by Crippen LogP contribution is -2.25. The minimum atomic E-state index is -0.0901. The molecule has 258 valence electrons. The van der Waals surface area contributed by atoms with E-state index >= 15 is 0 Å². The zero-order chi connectivity index (χ0) is 36.6. The molecule has 1 aliphatic heterocycles. The van der Waals surface area contributed by atoms with Crippen LogP contribution < -0.4 is 10.4 Å². The maximum absolute atomic E-state index is 5.40. The van der Waals surface area contributed by atoms with Gasteiger partial charge in [-0.15, -0.1) is 0 Å². The van der Waals surface area contributed by atoms with Gasteiger partial charge >= 0.3 is 0 Å². The Morgan fingerprint density at radius 1 is 0.309 bits per heavy atom. The van der Waals surface area contributed by atoms with Gasteiger partial charge in [-0.2, -0.15) is 0 Å². The second-order valence-corrected chi connectivity index (χ2v) is 13.6. The fourth-order valence-corrected chi connectivity index (χ4v) is 7.62. The molecule has 0 amide bonds. The minimum Gasteiger partial charge on any atom is -0.231 e. The van der Waals surface area contributed by atoms with Crippen molar-refractivity contribution < 1.29 is 0 Å². The third kappa shape index (κ3) is 6.08. The summed E-state index contributed by atoms with van der Waals surface area (Å²) in [7, 11) is 0. The number of fused-ring (bicyclic) bond motifs is 2. The molecule has 10 rings (SSSR count). The first-order chi connectivity index (χ1) is 27.3. The molecule has 1 unspecified atom stereocenters. The molecule has 2 aliphatic rings. The lowest BCUT2D eigenvalue weighted by Gasteiger charge is -2.25. The van der Waals surface area contributed by atoms with Crippen LogP contribution in [0.4, 0.5) is 0 Å². The van der Waals surface area contributed by atoms with Crippen molar-refractivity contribution in [2.75, 3.05) is 0 Å². The van der Waals surface area contributed by atoms with Crippen LogP contribution in [0.15, 0.2) is 204 Å². The topological polar surface area (TPSA) is 63.4 Å². The molecule has 7 aromatic carbocycles. The van der Waals surface area contributed by atoms with E-state index in [0.717, 1.165) is 55.6 Å². The minimum absolute atomic E-state index is 0.0901. The van der Waals surface area contributed by atoms with Gasteiger partial charge in [0.15, 0.2) is 23.3 Å². The fraction of sp³-hybridized carbons (Fsp3) is 0.0200. The molecule has 0 radical (unpaired) electrons. The summed E-state index contributed by atoms with van der Waals surface area (Å²) in [5, 5.41) is 2.36. The molecule has 0 bridgehead atoms. The van der Waals surface area contributed by atoms with Crippen molar-refractivity contribution in [1.82, 2.24) is 15.0 Å². The normalized spacial score (nSPS) is 14.5. The van der Waals surface area contributed by atoms with E-state index in [0.29, 0.717) is 23.3 Å². The average molecular weight is 704 g/mol. The SMILES string of the molecule is c1ccc(C2=NC(c3cccc(-c4cccc(-c5nc(-c6ccccc6)nc(-c6ccccc6)n5)c4)c3)=NC3=c4ccccc4=C(c4ccccc4)C23)cc1. The highest BCUT2D eigenvalue weighted by molar-refractivity contribution is 6.23. The van der Waals surface area contributed by atoms with E-state index in [1.54, 1.807) is 0 Å². The molecule has 5 nitrogen and oxygen atoms in total. The van der Waals surface area contributed by atoms with Gasteiger partial charge in [-0.3, -0.25) is 0 Å². The first-order valence-electron chi connectivity index (χ1n) is 18.5. The summed E-state index contributed by atoms with van der Waals surface area (Å²) >= 11 is 0. The van der Waals surface area contributed by atoms with E-state index in [9.17, 15) is 0 Å². The smallest absolute Gasteiger partial charge is 0.164 e. The van der Waals surface area contributed by atoms with Gasteiger partial charge in [-0.25, -0.2) is 24.9 Å². The Hall–Kier alpha value is -7.37. The first-order valence-corrected chi connectivity index (χ1v) is 18.5. The molecule has 0 saturated carbocycles. The Balaban J connectivity index is 1.08. The Kier molecular flexibility index (Phi) is 8.15. The lowest BCUT2D eigenvalue weighted by atomic mass is 9.84. The Morgan fingerprint density at radius 3 is 1.31 bits per heavy atom. The lowest BCUT2D eigenvalue weighted by molar-refractivity contribution is 1.07. The third-order valence-electron chi connectivity index (χ3n) is 10.2. The highest BCUT2D eigenvalue weighted by Crippen LogP contribution is 2.37. The predicted octanol–water partition coefficient (Wildman–Crippen LogP) is 9.43. The largest absolute Gasteiger partial charge is 0.231 e. The van der Waals surface area contributed by atoms with Crippen molar-refractivity contribution in [3.05, 3.63) is 221 Å². The van der Waals surface area contributed by atoms with Crippen LogP contribution in [0.1, 0.15) is 16.7 Å². The molecule has 0 fully saturated rings. The van der Waals surface area contributed by atoms with Crippen LogP contribution in [-0.4, -0.2) is 26.5 Å². The maximum Gasteiger partial charge on any atom is 0.164 e. The molecule has 0 spiro atoms. The summed E-state index contributed by atoms with van der Waals surface area (Å²) < 4.78 is 0. The number of aliphatic imine (C=N–C) groups is 2. The van der Waals surface area contributed by atoms with E-state index in [-0.39, 0.29) is 5.92 Å². The molecule has 1 aromatic heterocycles. The molecular formula is C50H33N5. The van der Waals surface area contributed by atoms with Crippen LogP contribution in [0.5, 0.6) is 0 Å². The van der Waals surface area contributed by atoms with Gasteiger partial charge in [0.1, 0.15) is 0 Å². The van der Waals surface area contributed by atoms with E-state index < -0.39 is 0 Å². The van der Waals surface area contributed by atoms with Gasteiger partial charge < -0.3 is 0 Å². The summed E-state index contributed by atoms with van der Waals surface area (Å²) in [5.41, 5.74) is 11.4. The summed E-state index contributed by atoms with van der Waals surface area (Å²) in [6.07, 6.45) is 0. The number of aromatic nitrogens is 3. The van der Waals surface area contributed by atoms with Gasteiger partial charge in [0.05, 0.1) is 17.3 Å². The first kappa shape index (κ1) is 32.3. The molecule has 5 heteroatoms. The van der Waals surface area contributed by atoms with Gasteiger partial charge in [0.2, 0.25) is 0 Å². The van der Waals surface area contributed by atoms with Crippen molar-refractivity contribution in [2.45, 2.75) is 0 Å². The van der Waals surface area contributed by atoms with E-state index in [1.807, 2.05) is 60.7 Å². The second-order valence-electron chi connectivity index (χ2n) is 13.6. The van der Waals surface area contributed by atoms with Gasteiger partial charge in [0.25, 0.3) is 0 Å². The van der Waals surface area contributed by atoms with Crippen LogP contribution in [-0.2, 0) is 0 Å². The Bertz CT molecular complexity index is 2840. The monoisotopic (exact) mass is 703 g/mol. The highest BCUT2D eigenvalue weighted by atomic mass is 15.0. The molecule has 1 aliphatic carbocycles. The van der Waals surface area contributed by atoms with Crippen molar-refractivity contribution in [2.24, 2.45) is 15.9 Å². The average Bonchev–Trinajstić information content (AvgIpc) is 3.61. The summed E-state index contributed by atoms with van der Waals surface area (Å²) in [5.74, 6) is 2.50. The third-order valence-corrected chi connectivity index (χ3v) is 10.2. The van der Waals surface area contributed by atoms with Crippen molar-refractivity contribution in [1.29, 1.82) is 0 Å². The Labute approximate surface area is 319 Å². The zero-order valence-electron chi connectivity index (χ0n) is 29.8. The number of benzene rings is 7. The number of rotatable bonds is 7. The van der Waals surface area contributed by atoms with Gasteiger partial charge in [-0.05, 0) is 45.2 Å². The summed E-state index contributed by atoms with van der Waals surface area (Å²) in [4.78, 5) is 25.6. The van der Waals surface area contributed by atoms with Crippen molar-refractivity contribution >= 4 is 22.8 Å². The van der Waals surface area contributed by atoms with Crippen LogP contribution in [0.25, 0.3) is 56.6 Å². The zero-order valence-corrected chi connectivity index (χ0v) is 29.8. The molecule has 0 saturated heterocycles. The summed E-state index contributed by atoms with van der Waals surface area (Å²) in [6.45, 7) is 0. The van der Waals surface area contributed by atoms with Crippen molar-refractivity contribution in [3.8, 4) is 45.3 Å². The molecule has 55 heavy (non-hydrogen) atoms. The molecule has 8 aromatic rings. The maximum atomic E-state index is 5.40. The van der Waals surface area contributed by atoms with Crippen LogP contribution >= 0.6 is 0 Å². The van der Waals surface area contributed by atoms with Gasteiger partial charge in [-0.1, -0.05) is 182 Å². The van der Waals surface area contributed by atoms with Crippen LogP contribution in [0, 0.1) is 5.92 Å². The molecule has 0 N–H and O–H groups in total. The molecule has 1 atom stereocenters. The number of nitrogens with zero attached hydrogens (tertiary/aromatic N) is 5. The number of hydrogen-bond acceptors (Lipinski definition) is 5. The molecular weight excluding hydrogens is 671 g/mol. The molecule has 2 heterocycles. The predicted molar refractivity (Wildman–Crippen MR) is 223 cm³/mol. The van der Waals surface area contributed by atoms with E-state index in [4.69, 9.17) is 24.9 Å². The van der Waals surface area contributed by atoms with E-state index in [2.05, 4.69) is 133 Å². The van der Waals surface area contributed by atoms with Gasteiger partial charge in [0, 0.05) is 27.5 Å². The highest BCUT2D eigenvalue weighted by Gasteiger charge is 2.35. The fourth-order valence-electron chi connectivity index (χ4n) is 7.62. The standard InChI is InChI=1S/C50H33N5/c1-5-17-33(18-6-1)43-41-29-13-14-30-42(41)46-44(43)45(34-19-7-2-8-20-34)51-49(52-46)39-27-15-25-37(31-39)38-26-16-28-40(32-38)50-54-47(35-21-9-3-10-22-35)53-48(55-50)36-23-11-4-12-24-36/h1-32,44H. The Morgan fingerprint density at radius 2 is 0.727 bits per heavy atom. The number of amidine groups is 1. The second kappa shape index (κ2) is 13.9. The van der Waals surface area contributed by atoms with Crippen molar-refractivity contribution in [3.63, 3.8) is 0 Å². The quantitative estimate of drug-likeness (QED) is 0.166. The summed E-state index contributed by atoms with van der Waals surface area (Å²) in [6, 6.07) is 66.8.